The fraction of sp³-hybridized carbons (Fsp3) is 0.0588. The maximum atomic E-state index is 14.2. The highest BCUT2D eigenvalue weighted by atomic mass is 35.5. The summed E-state index contributed by atoms with van der Waals surface area (Å²) in [6, 6.07) is 6.99. The Labute approximate surface area is 157 Å². The molecule has 0 aliphatic carbocycles. The van der Waals surface area contributed by atoms with Crippen molar-refractivity contribution in [3.05, 3.63) is 62.8 Å². The molecule has 0 N–H and O–H groups in total. The van der Waals surface area contributed by atoms with Crippen molar-refractivity contribution in [2.45, 2.75) is 4.90 Å². The molecule has 1 aromatic heterocycles. The van der Waals surface area contributed by atoms with Crippen LogP contribution in [0.25, 0.3) is 22.3 Å². The summed E-state index contributed by atoms with van der Waals surface area (Å²) in [5.74, 6) is -2.25. The Hall–Kier alpha value is -1.47. The zero-order chi connectivity index (χ0) is 18.4. The van der Waals surface area contributed by atoms with Crippen LogP contribution in [0, 0.1) is 11.6 Å². The smallest absolute Gasteiger partial charge is 0.181 e. The summed E-state index contributed by atoms with van der Waals surface area (Å²) in [6.45, 7) is 0. The third kappa shape index (κ3) is 3.72. The fourth-order valence-electron chi connectivity index (χ4n) is 2.52. The first-order chi connectivity index (χ1) is 11.7. The van der Waals surface area contributed by atoms with Crippen LogP contribution in [-0.2, 0) is 9.84 Å². The molecule has 0 amide bonds. The second-order valence-corrected chi connectivity index (χ2v) is 8.97. The second kappa shape index (κ2) is 6.68. The number of sulfone groups is 1. The molecular formula is C17H10Cl2F2O2S2. The summed E-state index contributed by atoms with van der Waals surface area (Å²) < 4.78 is 51.5. The van der Waals surface area contributed by atoms with Crippen LogP contribution >= 0.6 is 34.5 Å². The molecule has 0 saturated carbocycles. The normalized spacial score (nSPS) is 11.7. The minimum absolute atomic E-state index is 0.231. The third-order valence-electron chi connectivity index (χ3n) is 3.52. The van der Waals surface area contributed by atoms with E-state index in [0.29, 0.717) is 26.7 Å². The van der Waals surface area contributed by atoms with Gasteiger partial charge in [-0.3, -0.25) is 0 Å². The summed E-state index contributed by atoms with van der Waals surface area (Å²) >= 11 is 13.4. The molecule has 0 unspecified atom stereocenters. The van der Waals surface area contributed by atoms with Crippen LogP contribution in [-0.4, -0.2) is 14.7 Å². The lowest BCUT2D eigenvalue weighted by Crippen LogP contribution is -2.04. The Balaban J connectivity index is 2.19. The molecule has 0 radical (unpaired) electrons. The molecule has 0 bridgehead atoms. The van der Waals surface area contributed by atoms with Crippen molar-refractivity contribution in [1.29, 1.82) is 0 Å². The topological polar surface area (TPSA) is 34.1 Å². The molecule has 0 fully saturated rings. The Morgan fingerprint density at radius 1 is 0.840 bits per heavy atom. The van der Waals surface area contributed by atoms with E-state index in [1.807, 2.05) is 0 Å². The summed E-state index contributed by atoms with van der Waals surface area (Å²) in [5.41, 5.74) is 2.18. The van der Waals surface area contributed by atoms with E-state index < -0.39 is 26.4 Å². The van der Waals surface area contributed by atoms with E-state index in [9.17, 15) is 17.2 Å². The number of halogens is 4. The van der Waals surface area contributed by atoms with Gasteiger partial charge in [0, 0.05) is 27.4 Å². The SMILES string of the molecule is CS(=O)(=O)c1c(F)cc(-c2cscc2-c2cc(Cl)cc(Cl)c2)cc1F. The van der Waals surface area contributed by atoms with Gasteiger partial charge in [-0.2, -0.15) is 11.3 Å². The molecule has 25 heavy (non-hydrogen) atoms. The van der Waals surface area contributed by atoms with Gasteiger partial charge in [-0.05, 0) is 52.2 Å². The van der Waals surface area contributed by atoms with Gasteiger partial charge in [0.25, 0.3) is 0 Å². The minimum Gasteiger partial charge on any atom is -0.224 e. The summed E-state index contributed by atoms with van der Waals surface area (Å²) in [7, 11) is -4.01. The van der Waals surface area contributed by atoms with Gasteiger partial charge in [-0.15, -0.1) is 0 Å². The average Bonchev–Trinajstić information content (AvgIpc) is 2.93. The highest BCUT2D eigenvalue weighted by Crippen LogP contribution is 2.38. The first-order valence-corrected chi connectivity index (χ1v) is 10.5. The van der Waals surface area contributed by atoms with Gasteiger partial charge in [-0.1, -0.05) is 23.2 Å². The lowest BCUT2D eigenvalue weighted by atomic mass is 9.99. The third-order valence-corrected chi connectivity index (χ3v) is 5.83. The molecular weight excluding hydrogens is 409 g/mol. The van der Waals surface area contributed by atoms with E-state index in [-0.39, 0.29) is 5.56 Å². The molecule has 2 nitrogen and oxygen atoms in total. The molecule has 8 heteroatoms. The maximum Gasteiger partial charge on any atom is 0.181 e. The van der Waals surface area contributed by atoms with Crippen LogP contribution in [0.5, 0.6) is 0 Å². The van der Waals surface area contributed by atoms with Crippen molar-refractivity contribution in [2.75, 3.05) is 6.26 Å². The molecule has 3 rings (SSSR count). The minimum atomic E-state index is -4.01. The monoisotopic (exact) mass is 418 g/mol. The number of benzene rings is 2. The van der Waals surface area contributed by atoms with Gasteiger partial charge in [0.05, 0.1) is 0 Å². The van der Waals surface area contributed by atoms with Gasteiger partial charge in [0.1, 0.15) is 16.5 Å². The van der Waals surface area contributed by atoms with Crippen molar-refractivity contribution >= 4 is 44.4 Å². The summed E-state index contributed by atoms with van der Waals surface area (Å²) in [6.07, 6.45) is 0.762. The lowest BCUT2D eigenvalue weighted by Gasteiger charge is -2.09. The van der Waals surface area contributed by atoms with E-state index in [0.717, 1.165) is 18.4 Å². The van der Waals surface area contributed by atoms with E-state index in [4.69, 9.17) is 23.2 Å². The first kappa shape index (κ1) is 18.3. The maximum absolute atomic E-state index is 14.2. The number of thiophene rings is 1. The largest absolute Gasteiger partial charge is 0.224 e. The molecule has 0 aliphatic heterocycles. The summed E-state index contributed by atoms with van der Waals surface area (Å²) in [4.78, 5) is -0.932. The van der Waals surface area contributed by atoms with Crippen LogP contribution in [0.4, 0.5) is 8.78 Å². The number of rotatable bonds is 3. The van der Waals surface area contributed by atoms with Crippen LogP contribution in [0.2, 0.25) is 10.0 Å². The fourth-order valence-corrected chi connectivity index (χ4v) is 4.74. The molecule has 130 valence electrons. The molecule has 0 aliphatic rings. The van der Waals surface area contributed by atoms with E-state index in [2.05, 4.69) is 0 Å². The van der Waals surface area contributed by atoms with Gasteiger partial charge in [-0.25, -0.2) is 17.2 Å². The van der Waals surface area contributed by atoms with Gasteiger partial charge in [0.2, 0.25) is 0 Å². The Kier molecular flexibility index (Phi) is 4.90. The van der Waals surface area contributed by atoms with Gasteiger partial charge >= 0.3 is 0 Å². The lowest BCUT2D eigenvalue weighted by molar-refractivity contribution is 0.522. The van der Waals surface area contributed by atoms with E-state index in [1.54, 1.807) is 29.0 Å². The zero-order valence-electron chi connectivity index (χ0n) is 12.7. The molecule has 0 spiro atoms. The Morgan fingerprint density at radius 3 is 1.72 bits per heavy atom. The Morgan fingerprint density at radius 2 is 1.28 bits per heavy atom. The van der Waals surface area contributed by atoms with Crippen LogP contribution in [0.1, 0.15) is 0 Å². The molecule has 1 heterocycles. The molecule has 0 saturated heterocycles. The average molecular weight is 419 g/mol. The van der Waals surface area contributed by atoms with Crippen molar-refractivity contribution in [2.24, 2.45) is 0 Å². The quantitative estimate of drug-likeness (QED) is 0.516. The van der Waals surface area contributed by atoms with E-state index in [1.165, 1.54) is 11.3 Å². The standard InChI is InChI=1S/C17H10Cl2F2O2S2/c1-25(22,23)17-15(20)4-10(5-16(17)21)14-8-24-7-13(14)9-2-11(18)6-12(19)3-9/h2-8H,1H3. The van der Waals surface area contributed by atoms with Crippen molar-refractivity contribution in [3.8, 4) is 22.3 Å². The highest BCUT2D eigenvalue weighted by molar-refractivity contribution is 7.90. The van der Waals surface area contributed by atoms with Gasteiger partial charge < -0.3 is 0 Å². The van der Waals surface area contributed by atoms with Crippen molar-refractivity contribution in [1.82, 2.24) is 0 Å². The second-order valence-electron chi connectivity index (χ2n) is 5.40. The van der Waals surface area contributed by atoms with Crippen molar-refractivity contribution in [3.63, 3.8) is 0 Å². The molecule has 3 aromatic rings. The summed E-state index contributed by atoms with van der Waals surface area (Å²) in [5, 5.41) is 4.39. The molecule has 0 atom stereocenters. The van der Waals surface area contributed by atoms with Crippen LogP contribution in [0.3, 0.4) is 0 Å². The van der Waals surface area contributed by atoms with Crippen LogP contribution in [0.15, 0.2) is 46.0 Å². The predicted octanol–water partition coefficient (Wildman–Crippen LogP) is 6.07. The van der Waals surface area contributed by atoms with E-state index >= 15 is 0 Å². The Bertz CT molecular complexity index is 1030. The van der Waals surface area contributed by atoms with Crippen molar-refractivity contribution < 1.29 is 17.2 Å². The zero-order valence-corrected chi connectivity index (χ0v) is 15.8. The highest BCUT2D eigenvalue weighted by Gasteiger charge is 2.22. The first-order valence-electron chi connectivity index (χ1n) is 6.89. The number of hydrogen-bond acceptors (Lipinski definition) is 3. The predicted molar refractivity (Wildman–Crippen MR) is 98.2 cm³/mol. The van der Waals surface area contributed by atoms with Gasteiger partial charge in [0.15, 0.2) is 9.84 Å². The number of hydrogen-bond donors (Lipinski definition) is 0. The van der Waals surface area contributed by atoms with Crippen LogP contribution < -0.4 is 0 Å². The molecule has 2 aromatic carbocycles.